The summed E-state index contributed by atoms with van der Waals surface area (Å²) in [5, 5.41) is 5.73. The summed E-state index contributed by atoms with van der Waals surface area (Å²) < 4.78 is 9.99. The molecule has 0 aliphatic heterocycles. The Balaban J connectivity index is 0.991. The van der Waals surface area contributed by atoms with E-state index in [0.29, 0.717) is 17.5 Å². The number of para-hydroxylation sites is 1. The van der Waals surface area contributed by atoms with Crippen molar-refractivity contribution in [2.24, 2.45) is 0 Å². The van der Waals surface area contributed by atoms with Crippen LogP contribution in [-0.2, 0) is 0 Å². The van der Waals surface area contributed by atoms with Crippen LogP contribution in [0.3, 0.4) is 0 Å². The zero-order valence-corrected chi connectivity index (χ0v) is 29.7. The normalized spacial score (nSPS) is 11.8. The lowest BCUT2D eigenvalue weighted by atomic mass is 10.0. The van der Waals surface area contributed by atoms with Gasteiger partial charge < -0.3 is 4.42 Å². The number of thiazole rings is 1. The molecule has 0 unspecified atom stereocenters. The van der Waals surface area contributed by atoms with E-state index in [9.17, 15) is 0 Å². The van der Waals surface area contributed by atoms with Gasteiger partial charge in [0.1, 0.15) is 16.2 Å². The predicted molar refractivity (Wildman–Crippen MR) is 220 cm³/mol. The first-order valence-corrected chi connectivity index (χ1v) is 19.0. The van der Waals surface area contributed by atoms with Crippen molar-refractivity contribution in [3.05, 3.63) is 158 Å². The average molecular weight is 715 g/mol. The van der Waals surface area contributed by atoms with Gasteiger partial charge >= 0.3 is 0 Å². The lowest BCUT2D eigenvalue weighted by Gasteiger charge is -2.09. The van der Waals surface area contributed by atoms with Gasteiger partial charge in [-0.15, -0.1) is 22.7 Å². The van der Waals surface area contributed by atoms with E-state index >= 15 is 0 Å². The van der Waals surface area contributed by atoms with Crippen molar-refractivity contribution in [3.63, 3.8) is 0 Å². The zero-order chi connectivity index (χ0) is 34.9. The number of nitrogens with zero attached hydrogens (tertiary/aromatic N) is 4. The van der Waals surface area contributed by atoms with Crippen molar-refractivity contribution in [2.75, 3.05) is 0 Å². The second-order valence-electron chi connectivity index (χ2n) is 13.1. The molecule has 7 aromatic carbocycles. The van der Waals surface area contributed by atoms with Gasteiger partial charge in [0.15, 0.2) is 17.5 Å². The minimum atomic E-state index is 0.585. The molecule has 0 N–H and O–H groups in total. The van der Waals surface area contributed by atoms with Crippen molar-refractivity contribution in [1.82, 2.24) is 19.9 Å². The molecule has 0 saturated heterocycles. The van der Waals surface area contributed by atoms with Crippen LogP contribution in [0.5, 0.6) is 0 Å². The minimum Gasteiger partial charge on any atom is -0.456 e. The van der Waals surface area contributed by atoms with E-state index in [1.807, 2.05) is 41.7 Å². The average Bonchev–Trinajstić information content (AvgIpc) is 3.93. The fourth-order valence-electron chi connectivity index (χ4n) is 7.10. The Morgan fingerprint density at radius 3 is 1.70 bits per heavy atom. The lowest BCUT2D eigenvalue weighted by molar-refractivity contribution is 0.669. The number of rotatable bonds is 5. The Labute approximate surface area is 311 Å². The summed E-state index contributed by atoms with van der Waals surface area (Å²) in [5.41, 5.74) is 8.72. The van der Waals surface area contributed by atoms with Crippen LogP contribution in [0.15, 0.2) is 162 Å². The van der Waals surface area contributed by atoms with Gasteiger partial charge in [-0.05, 0) is 47.5 Å². The summed E-state index contributed by atoms with van der Waals surface area (Å²) >= 11 is 3.54. The molecule has 53 heavy (non-hydrogen) atoms. The highest BCUT2D eigenvalue weighted by atomic mass is 32.1. The second-order valence-corrected chi connectivity index (χ2v) is 15.2. The number of aromatic nitrogens is 4. The molecule has 0 saturated carbocycles. The lowest BCUT2D eigenvalue weighted by Crippen LogP contribution is -2.00. The van der Waals surface area contributed by atoms with E-state index in [2.05, 4.69) is 127 Å². The van der Waals surface area contributed by atoms with Crippen LogP contribution < -0.4 is 0 Å². The summed E-state index contributed by atoms with van der Waals surface area (Å²) in [4.78, 5) is 20.1. The molecule has 0 bridgehead atoms. The number of fused-ring (bicyclic) bond motifs is 7. The highest BCUT2D eigenvalue weighted by molar-refractivity contribution is 7.26. The molecule has 7 heteroatoms. The highest BCUT2D eigenvalue weighted by Gasteiger charge is 2.16. The summed E-state index contributed by atoms with van der Waals surface area (Å²) in [7, 11) is 0. The summed E-state index contributed by atoms with van der Waals surface area (Å²) in [6.07, 6.45) is 0. The molecular weight excluding hydrogens is 689 g/mol. The second kappa shape index (κ2) is 12.0. The van der Waals surface area contributed by atoms with E-state index < -0.39 is 0 Å². The van der Waals surface area contributed by atoms with Crippen LogP contribution in [0.4, 0.5) is 0 Å². The zero-order valence-electron chi connectivity index (χ0n) is 28.0. The molecule has 4 heterocycles. The maximum absolute atomic E-state index is 6.24. The van der Waals surface area contributed by atoms with Crippen LogP contribution in [-0.4, -0.2) is 19.9 Å². The van der Waals surface area contributed by atoms with Gasteiger partial charge in [-0.2, -0.15) is 0 Å². The van der Waals surface area contributed by atoms with Crippen LogP contribution in [0.2, 0.25) is 0 Å². The molecule has 0 atom stereocenters. The third-order valence-electron chi connectivity index (χ3n) is 9.80. The topological polar surface area (TPSA) is 64.7 Å². The minimum absolute atomic E-state index is 0.585. The summed E-state index contributed by atoms with van der Waals surface area (Å²) in [5.74, 6) is 1.80. The SMILES string of the molecule is c1ccc(-c2ccc(-c3nc(-c4ccc(-c5nc6cc7sc8ccccc8c7cc6s5)cc4)nc(-c4ccc5c(c4)oc4ccccc45)n3)cc2)cc1. The fraction of sp³-hybridized carbons (Fsp3) is 0. The standard InChI is InChI=1S/C46H26N4OS2/c1-2-8-27(9-3-1)28-14-16-29(17-15-28)43-48-44(50-45(49-43)32-22-23-34-33-10-4-6-12-38(33)51-39(34)24-32)30-18-20-31(21-19-30)46-47-37-26-41-36(25-42(37)53-46)35-11-5-7-13-40(35)52-41/h1-26H. The third-order valence-corrected chi connectivity index (χ3v) is 12.0. The molecule has 0 fully saturated rings. The highest BCUT2D eigenvalue weighted by Crippen LogP contribution is 2.40. The Bertz CT molecular complexity index is 3160. The molecule has 4 aromatic heterocycles. The van der Waals surface area contributed by atoms with Crippen molar-refractivity contribution in [3.8, 4) is 55.9 Å². The van der Waals surface area contributed by atoms with Gasteiger partial charge in [-0.25, -0.2) is 19.9 Å². The maximum Gasteiger partial charge on any atom is 0.164 e. The molecule has 0 spiro atoms. The van der Waals surface area contributed by atoms with Gasteiger partial charge in [0, 0.05) is 53.2 Å². The van der Waals surface area contributed by atoms with Gasteiger partial charge in [0.2, 0.25) is 0 Å². The number of hydrogen-bond donors (Lipinski definition) is 0. The Morgan fingerprint density at radius 2 is 0.925 bits per heavy atom. The molecule has 0 aliphatic rings. The quantitative estimate of drug-likeness (QED) is 0.178. The van der Waals surface area contributed by atoms with Gasteiger partial charge in [-0.3, -0.25) is 0 Å². The smallest absolute Gasteiger partial charge is 0.164 e. The van der Waals surface area contributed by atoms with Crippen molar-refractivity contribution in [1.29, 1.82) is 0 Å². The van der Waals surface area contributed by atoms with E-state index in [0.717, 1.165) is 65.8 Å². The van der Waals surface area contributed by atoms with E-state index in [4.69, 9.17) is 24.4 Å². The molecule has 11 rings (SSSR count). The summed E-state index contributed by atoms with van der Waals surface area (Å²) in [6.45, 7) is 0. The van der Waals surface area contributed by atoms with E-state index in [1.165, 1.54) is 24.9 Å². The molecular formula is C46H26N4OS2. The fourth-order valence-corrected chi connectivity index (χ4v) is 9.22. The predicted octanol–water partition coefficient (Wildman–Crippen LogP) is 13.1. The largest absolute Gasteiger partial charge is 0.456 e. The molecule has 0 amide bonds. The van der Waals surface area contributed by atoms with Crippen molar-refractivity contribution in [2.45, 2.75) is 0 Å². The maximum atomic E-state index is 6.24. The van der Waals surface area contributed by atoms with Crippen LogP contribution in [0.25, 0.3) is 108 Å². The molecule has 248 valence electrons. The molecule has 0 aliphatic carbocycles. The monoisotopic (exact) mass is 714 g/mol. The molecule has 11 aromatic rings. The van der Waals surface area contributed by atoms with Gasteiger partial charge in [-0.1, -0.05) is 121 Å². The Morgan fingerprint density at radius 1 is 0.340 bits per heavy atom. The third kappa shape index (κ3) is 5.20. The van der Waals surface area contributed by atoms with Gasteiger partial charge in [0.05, 0.1) is 10.2 Å². The van der Waals surface area contributed by atoms with E-state index in [-0.39, 0.29) is 0 Å². The molecule has 5 nitrogen and oxygen atoms in total. The first-order chi connectivity index (χ1) is 26.2. The van der Waals surface area contributed by atoms with Crippen molar-refractivity contribution >= 4 is 75.0 Å². The van der Waals surface area contributed by atoms with Crippen LogP contribution in [0.1, 0.15) is 0 Å². The number of benzene rings is 7. The Hall–Kier alpha value is -6.54. The molecule has 0 radical (unpaired) electrons. The van der Waals surface area contributed by atoms with Crippen LogP contribution >= 0.6 is 22.7 Å². The number of thiophene rings is 1. The van der Waals surface area contributed by atoms with Crippen molar-refractivity contribution < 1.29 is 4.42 Å². The first kappa shape index (κ1) is 30.1. The first-order valence-electron chi connectivity index (χ1n) is 17.4. The number of hydrogen-bond acceptors (Lipinski definition) is 7. The Kier molecular flexibility index (Phi) is 6.83. The van der Waals surface area contributed by atoms with Crippen LogP contribution in [0, 0.1) is 0 Å². The number of furan rings is 1. The van der Waals surface area contributed by atoms with Gasteiger partial charge in [0.25, 0.3) is 0 Å². The summed E-state index contributed by atoms with van der Waals surface area (Å²) in [6, 6.07) is 54.6. The van der Waals surface area contributed by atoms with E-state index in [1.54, 1.807) is 11.3 Å².